The number of likely N-dealkylation sites (N-methyl/N-ethyl adjacent to an activating group) is 1. The third-order valence-corrected chi connectivity index (χ3v) is 6.44. The summed E-state index contributed by atoms with van der Waals surface area (Å²) in [6, 6.07) is 10.4. The fourth-order valence-electron chi connectivity index (χ4n) is 3.50. The molecular weight excluding hydrogens is 520 g/mol. The zero-order chi connectivity index (χ0) is 27.4. The van der Waals surface area contributed by atoms with Crippen molar-refractivity contribution in [2.75, 3.05) is 26.5 Å². The lowest BCUT2D eigenvalue weighted by Crippen LogP contribution is -2.25. The summed E-state index contributed by atoms with van der Waals surface area (Å²) in [6.45, 7) is 0.504. The number of nitrogen functional groups attached to an aromatic ring is 1. The Balaban J connectivity index is 1.63. The zero-order valence-corrected chi connectivity index (χ0v) is 21.1. The molecule has 0 fully saturated rings. The first-order valence-corrected chi connectivity index (χ1v) is 12.2. The number of methoxy groups -OCH3 is 1. The first kappa shape index (κ1) is 26.7. The summed E-state index contributed by atoms with van der Waals surface area (Å²) in [5.74, 6) is -4.28. The minimum Gasteiger partial charge on any atom is -0.504 e. The molecule has 198 valence electrons. The molecule has 2 aromatic carbocycles. The number of thioether (sulfide) groups is 1. The second-order valence-corrected chi connectivity index (χ2v) is 9.19. The molecule has 1 atom stereocenters. The van der Waals surface area contributed by atoms with Crippen molar-refractivity contribution in [1.29, 1.82) is 5.41 Å². The Bertz CT molecular complexity index is 1420. The number of phenols is 1. The molecule has 4 N–H and O–H groups in total. The molecule has 3 aromatic rings. The fourth-order valence-corrected chi connectivity index (χ4v) is 4.45. The third kappa shape index (κ3) is 5.78. The quantitative estimate of drug-likeness (QED) is 0.208. The number of rotatable bonds is 9. The van der Waals surface area contributed by atoms with Crippen LogP contribution in [0.15, 0.2) is 53.7 Å². The Morgan fingerprint density at radius 2 is 2.00 bits per heavy atom. The van der Waals surface area contributed by atoms with Gasteiger partial charge in [-0.25, -0.2) is 9.37 Å². The highest BCUT2D eigenvalue weighted by Gasteiger charge is 2.28. The van der Waals surface area contributed by atoms with Gasteiger partial charge in [0.1, 0.15) is 22.8 Å². The summed E-state index contributed by atoms with van der Waals surface area (Å²) in [4.78, 5) is 21.6. The van der Waals surface area contributed by atoms with Crippen LogP contribution in [0.5, 0.6) is 28.9 Å². The second kappa shape index (κ2) is 11.3. The van der Waals surface area contributed by atoms with Gasteiger partial charge in [-0.3, -0.25) is 15.2 Å². The van der Waals surface area contributed by atoms with E-state index in [1.165, 1.54) is 43.1 Å². The van der Waals surface area contributed by atoms with Gasteiger partial charge >= 0.3 is 5.97 Å². The van der Waals surface area contributed by atoms with E-state index in [9.17, 15) is 14.3 Å². The van der Waals surface area contributed by atoms with Crippen molar-refractivity contribution in [2.24, 2.45) is 10.7 Å². The van der Waals surface area contributed by atoms with Crippen molar-refractivity contribution in [3.8, 4) is 28.9 Å². The van der Waals surface area contributed by atoms with Gasteiger partial charge in [-0.15, -0.1) is 11.8 Å². The number of aliphatic imine (C=N–C) groups is 1. The zero-order valence-electron chi connectivity index (χ0n) is 20.3. The lowest BCUT2D eigenvalue weighted by Gasteiger charge is -2.18. The number of esters is 1. The summed E-state index contributed by atoms with van der Waals surface area (Å²) in [7, 11) is 3.11. The molecule has 38 heavy (non-hydrogen) atoms. The maximum Gasteiger partial charge on any atom is 0.315 e. The minimum absolute atomic E-state index is 0.119. The Labute approximate surface area is 220 Å². The van der Waals surface area contributed by atoms with Gasteiger partial charge in [-0.05, 0) is 30.3 Å². The van der Waals surface area contributed by atoms with Gasteiger partial charge in [0.05, 0.1) is 31.2 Å². The van der Waals surface area contributed by atoms with Gasteiger partial charge in [0.25, 0.3) is 5.88 Å². The number of ether oxygens (including phenoxy) is 3. The van der Waals surface area contributed by atoms with E-state index in [1.54, 1.807) is 25.2 Å². The molecule has 1 aromatic heterocycles. The first-order chi connectivity index (χ1) is 18.2. The maximum absolute atomic E-state index is 15.4. The van der Waals surface area contributed by atoms with E-state index < -0.39 is 23.3 Å². The molecule has 4 rings (SSSR count). The molecule has 0 radical (unpaired) electrons. The molecule has 0 amide bonds. The van der Waals surface area contributed by atoms with Crippen LogP contribution in [-0.4, -0.2) is 64.5 Å². The predicted molar refractivity (Wildman–Crippen MR) is 137 cm³/mol. The van der Waals surface area contributed by atoms with Crippen molar-refractivity contribution in [3.05, 3.63) is 71.4 Å². The second-order valence-electron chi connectivity index (χ2n) is 8.03. The Hall–Kier alpha value is -4.39. The topological polar surface area (TPSA) is 143 Å². The first-order valence-electron chi connectivity index (χ1n) is 11.1. The van der Waals surface area contributed by atoms with Crippen LogP contribution in [0.25, 0.3) is 0 Å². The molecule has 0 saturated heterocycles. The minimum atomic E-state index is -1.25. The summed E-state index contributed by atoms with van der Waals surface area (Å²) in [5, 5.41) is 17.3. The van der Waals surface area contributed by atoms with Crippen molar-refractivity contribution >= 4 is 29.4 Å². The largest absolute Gasteiger partial charge is 0.504 e. The highest BCUT2D eigenvalue weighted by Crippen LogP contribution is 2.38. The van der Waals surface area contributed by atoms with Gasteiger partial charge in [0.15, 0.2) is 17.3 Å². The summed E-state index contributed by atoms with van der Waals surface area (Å²) in [6.07, 6.45) is 0.723. The number of carbonyl (C=O) groups is 1. The highest BCUT2D eigenvalue weighted by molar-refractivity contribution is 8.00. The SMILES string of the molecule is COC(=O)CSC1CN(C)C(c2ccccc2Oc2c(F)cnc(Oc3cc(C(=N)N)ccc3O)c2F)=N1. The summed E-state index contributed by atoms with van der Waals surface area (Å²) < 4.78 is 45.8. The number of para-hydroxylation sites is 1. The normalized spacial score (nSPS) is 14.7. The van der Waals surface area contributed by atoms with Crippen LogP contribution in [0.3, 0.4) is 0 Å². The number of benzene rings is 2. The van der Waals surface area contributed by atoms with Crippen LogP contribution < -0.4 is 15.2 Å². The number of amidine groups is 2. The van der Waals surface area contributed by atoms with E-state index in [1.807, 2.05) is 4.90 Å². The molecule has 1 unspecified atom stereocenters. The average molecular weight is 544 g/mol. The number of hydrogen-bond acceptors (Lipinski definition) is 10. The van der Waals surface area contributed by atoms with E-state index in [2.05, 4.69) is 14.7 Å². The molecule has 0 bridgehead atoms. The maximum atomic E-state index is 15.4. The average Bonchev–Trinajstić information content (AvgIpc) is 3.28. The molecule has 0 saturated carbocycles. The number of aromatic hydroxyl groups is 1. The smallest absolute Gasteiger partial charge is 0.315 e. The van der Waals surface area contributed by atoms with Crippen LogP contribution in [0, 0.1) is 17.0 Å². The van der Waals surface area contributed by atoms with Gasteiger partial charge in [-0.1, -0.05) is 12.1 Å². The number of nitrogens with one attached hydrogen (secondary N) is 1. The van der Waals surface area contributed by atoms with Crippen molar-refractivity contribution in [1.82, 2.24) is 9.88 Å². The lowest BCUT2D eigenvalue weighted by molar-refractivity contribution is -0.137. The summed E-state index contributed by atoms with van der Waals surface area (Å²) >= 11 is 1.31. The standard InChI is InChI=1S/C25H23F2N5O5S/c1-32-11-19(38-12-20(34)35-2)31-24(32)14-5-3-4-6-17(14)36-22-15(26)10-30-25(21(22)27)37-18-9-13(23(28)29)7-8-16(18)33/h3-10,19,33H,11-12H2,1-2H3,(H3,28,29). The number of halogens is 2. The van der Waals surface area contributed by atoms with E-state index in [-0.39, 0.29) is 45.7 Å². The van der Waals surface area contributed by atoms with Crippen molar-refractivity contribution < 1.29 is 32.9 Å². The van der Waals surface area contributed by atoms with Crippen molar-refractivity contribution in [2.45, 2.75) is 5.37 Å². The van der Waals surface area contributed by atoms with Gasteiger partial charge in [-0.2, -0.15) is 4.39 Å². The van der Waals surface area contributed by atoms with E-state index in [4.69, 9.17) is 20.6 Å². The number of pyridine rings is 1. The molecule has 0 aliphatic carbocycles. The monoisotopic (exact) mass is 543 g/mol. The third-order valence-electron chi connectivity index (χ3n) is 5.40. The van der Waals surface area contributed by atoms with Crippen LogP contribution in [0.1, 0.15) is 11.1 Å². The van der Waals surface area contributed by atoms with Gasteiger partial charge in [0, 0.05) is 12.6 Å². The molecule has 1 aliphatic heterocycles. The Morgan fingerprint density at radius 1 is 1.24 bits per heavy atom. The highest BCUT2D eigenvalue weighted by atomic mass is 32.2. The number of phenolic OH excluding ortho intramolecular Hbond substituents is 1. The molecule has 13 heteroatoms. The predicted octanol–water partition coefficient (Wildman–Crippen LogP) is 3.86. The van der Waals surface area contributed by atoms with Crippen LogP contribution in [0.2, 0.25) is 0 Å². The summed E-state index contributed by atoms with van der Waals surface area (Å²) in [5.41, 5.74) is 6.15. The molecule has 2 heterocycles. The molecular formula is C25H23F2N5O5S. The molecule has 10 nitrogen and oxygen atoms in total. The lowest BCUT2D eigenvalue weighted by atomic mass is 10.1. The number of hydrogen-bond donors (Lipinski definition) is 3. The number of aromatic nitrogens is 1. The van der Waals surface area contributed by atoms with Gasteiger partial charge in [0.2, 0.25) is 11.6 Å². The van der Waals surface area contributed by atoms with Gasteiger partial charge < -0.3 is 30.0 Å². The molecule has 1 aliphatic rings. The number of nitrogens with zero attached hydrogens (tertiary/aromatic N) is 3. The van der Waals surface area contributed by atoms with Crippen LogP contribution in [-0.2, 0) is 9.53 Å². The number of nitrogens with two attached hydrogens (primary N) is 1. The van der Waals surface area contributed by atoms with E-state index >= 15 is 4.39 Å². The Kier molecular flexibility index (Phi) is 7.96. The van der Waals surface area contributed by atoms with E-state index in [0.29, 0.717) is 17.9 Å². The van der Waals surface area contributed by atoms with Crippen LogP contribution >= 0.6 is 11.8 Å². The van der Waals surface area contributed by atoms with Crippen LogP contribution in [0.4, 0.5) is 8.78 Å². The number of carbonyl (C=O) groups excluding carboxylic acids is 1. The molecule has 0 spiro atoms. The van der Waals surface area contributed by atoms with E-state index in [0.717, 1.165) is 6.20 Å². The van der Waals surface area contributed by atoms with Crippen molar-refractivity contribution in [3.63, 3.8) is 0 Å². The Morgan fingerprint density at radius 3 is 2.74 bits per heavy atom. The fraction of sp³-hybridized carbons (Fsp3) is 0.200.